The lowest BCUT2D eigenvalue weighted by atomic mass is 10.3. The van der Waals surface area contributed by atoms with Crippen LogP contribution in [-0.2, 0) is 10.0 Å². The number of aromatic nitrogens is 3. The lowest BCUT2D eigenvalue weighted by Gasteiger charge is -2.07. The van der Waals surface area contributed by atoms with Crippen molar-refractivity contribution in [3.05, 3.63) is 35.3 Å². The predicted octanol–water partition coefficient (Wildman–Crippen LogP) is 0.921. The van der Waals surface area contributed by atoms with Gasteiger partial charge in [0.2, 0.25) is 0 Å². The van der Waals surface area contributed by atoms with Gasteiger partial charge in [-0.3, -0.25) is 9.82 Å². The Balaban J connectivity index is 2.39. The number of hydrogen-bond donors (Lipinski definition) is 3. The molecule has 0 saturated carbocycles. The van der Waals surface area contributed by atoms with E-state index >= 15 is 0 Å². The Morgan fingerprint density at radius 1 is 1.35 bits per heavy atom. The van der Waals surface area contributed by atoms with Crippen molar-refractivity contribution in [1.82, 2.24) is 15.2 Å². The highest BCUT2D eigenvalue weighted by Gasteiger charge is 2.23. The monoisotopic (exact) mass is 296 g/mol. The zero-order valence-corrected chi connectivity index (χ0v) is 11.5. The molecule has 3 N–H and O–H groups in total. The van der Waals surface area contributed by atoms with Crippen LogP contribution in [0.15, 0.2) is 23.1 Å². The minimum absolute atomic E-state index is 0.0278. The van der Waals surface area contributed by atoms with Gasteiger partial charge in [0.1, 0.15) is 10.7 Å². The van der Waals surface area contributed by atoms with Crippen molar-refractivity contribution in [2.45, 2.75) is 18.7 Å². The molecule has 0 unspecified atom stereocenters. The predicted molar refractivity (Wildman–Crippen MR) is 70.1 cm³/mol. The zero-order chi connectivity index (χ0) is 14.9. The molecular formula is C11H12N4O4S. The number of anilines is 1. The molecule has 106 valence electrons. The quantitative estimate of drug-likeness (QED) is 0.770. The van der Waals surface area contributed by atoms with Crippen LogP contribution >= 0.6 is 0 Å². The van der Waals surface area contributed by atoms with E-state index in [4.69, 9.17) is 5.11 Å². The Morgan fingerprint density at radius 2 is 2.05 bits per heavy atom. The van der Waals surface area contributed by atoms with E-state index in [1.807, 2.05) is 0 Å². The number of carbonyl (C=O) groups is 1. The summed E-state index contributed by atoms with van der Waals surface area (Å²) in [7, 11) is -3.87. The van der Waals surface area contributed by atoms with Crippen LogP contribution in [0.2, 0.25) is 0 Å². The molecule has 0 amide bonds. The topological polar surface area (TPSA) is 125 Å². The number of H-pyrrole nitrogens is 1. The first kappa shape index (κ1) is 14.0. The third-order valence-electron chi connectivity index (χ3n) is 2.54. The molecule has 2 aromatic heterocycles. The Hall–Kier alpha value is -2.42. The van der Waals surface area contributed by atoms with Gasteiger partial charge >= 0.3 is 5.97 Å². The maximum absolute atomic E-state index is 12.2. The minimum atomic E-state index is -3.87. The number of rotatable bonds is 4. The van der Waals surface area contributed by atoms with Gasteiger partial charge in [0, 0.05) is 0 Å². The van der Waals surface area contributed by atoms with Gasteiger partial charge in [0.25, 0.3) is 10.0 Å². The molecule has 9 heteroatoms. The molecule has 2 rings (SSSR count). The Kier molecular flexibility index (Phi) is 3.45. The molecule has 0 saturated heterocycles. The normalized spacial score (nSPS) is 11.3. The van der Waals surface area contributed by atoms with E-state index in [2.05, 4.69) is 19.9 Å². The Labute approximate surface area is 114 Å². The van der Waals surface area contributed by atoms with E-state index in [1.54, 1.807) is 13.8 Å². The van der Waals surface area contributed by atoms with Crippen LogP contribution in [0.5, 0.6) is 0 Å². The van der Waals surface area contributed by atoms with Gasteiger partial charge in [0.15, 0.2) is 5.69 Å². The Morgan fingerprint density at radius 3 is 2.60 bits per heavy atom. The van der Waals surface area contributed by atoms with Gasteiger partial charge in [-0.2, -0.15) is 5.10 Å². The molecule has 2 aromatic rings. The molecule has 2 heterocycles. The standard InChI is InChI=1S/C11H12N4O4S/c1-6-10(7(2)14-13-6)20(18,19)15-9-5-3-4-8(12-9)11(16)17/h3-5H,1-2H3,(H,12,15)(H,13,14)(H,16,17). The molecule has 0 aliphatic carbocycles. The molecule has 0 bridgehead atoms. The number of sulfonamides is 1. The van der Waals surface area contributed by atoms with E-state index < -0.39 is 16.0 Å². The smallest absolute Gasteiger partial charge is 0.354 e. The number of aryl methyl sites for hydroxylation is 2. The first-order chi connectivity index (χ1) is 9.31. The summed E-state index contributed by atoms with van der Waals surface area (Å²) >= 11 is 0. The second-order valence-corrected chi connectivity index (χ2v) is 5.70. The fraction of sp³-hybridized carbons (Fsp3) is 0.182. The lowest BCUT2D eigenvalue weighted by molar-refractivity contribution is 0.0690. The average Bonchev–Trinajstić information content (AvgIpc) is 2.69. The maximum atomic E-state index is 12.2. The number of carboxylic acids is 1. The molecule has 0 spiro atoms. The van der Waals surface area contributed by atoms with Crippen molar-refractivity contribution in [3.8, 4) is 0 Å². The molecule has 0 aromatic carbocycles. The summed E-state index contributed by atoms with van der Waals surface area (Å²) in [4.78, 5) is 14.5. The summed E-state index contributed by atoms with van der Waals surface area (Å²) in [6.07, 6.45) is 0. The van der Waals surface area contributed by atoms with Crippen LogP contribution in [0.25, 0.3) is 0 Å². The minimum Gasteiger partial charge on any atom is -0.477 e. The number of nitrogens with one attached hydrogen (secondary N) is 2. The molecular weight excluding hydrogens is 284 g/mol. The lowest BCUT2D eigenvalue weighted by Crippen LogP contribution is -2.16. The third kappa shape index (κ3) is 2.62. The largest absolute Gasteiger partial charge is 0.477 e. The molecule has 0 aliphatic heterocycles. The van der Waals surface area contributed by atoms with Crippen molar-refractivity contribution >= 4 is 21.8 Å². The molecule has 0 fully saturated rings. The van der Waals surface area contributed by atoms with Crippen molar-refractivity contribution in [2.75, 3.05) is 4.72 Å². The highest BCUT2D eigenvalue weighted by Crippen LogP contribution is 2.19. The van der Waals surface area contributed by atoms with E-state index in [0.717, 1.165) is 0 Å². The van der Waals surface area contributed by atoms with Crippen LogP contribution in [0.4, 0.5) is 5.82 Å². The van der Waals surface area contributed by atoms with Gasteiger partial charge in [-0.05, 0) is 26.0 Å². The zero-order valence-electron chi connectivity index (χ0n) is 10.7. The fourth-order valence-corrected chi connectivity index (χ4v) is 3.11. The van der Waals surface area contributed by atoms with Crippen molar-refractivity contribution < 1.29 is 18.3 Å². The first-order valence-corrected chi connectivity index (χ1v) is 7.04. The van der Waals surface area contributed by atoms with Crippen molar-refractivity contribution in [1.29, 1.82) is 0 Å². The van der Waals surface area contributed by atoms with Crippen LogP contribution < -0.4 is 4.72 Å². The molecule has 20 heavy (non-hydrogen) atoms. The van der Waals surface area contributed by atoms with Crippen LogP contribution in [0, 0.1) is 13.8 Å². The number of pyridine rings is 1. The number of carboxylic acid groups (broad SMARTS) is 1. The molecule has 0 atom stereocenters. The van der Waals surface area contributed by atoms with E-state index in [9.17, 15) is 13.2 Å². The number of hydrogen-bond acceptors (Lipinski definition) is 5. The van der Waals surface area contributed by atoms with Gasteiger partial charge in [-0.1, -0.05) is 6.07 Å². The summed E-state index contributed by atoms with van der Waals surface area (Å²) in [6.45, 7) is 3.13. The second-order valence-electron chi connectivity index (χ2n) is 4.08. The summed E-state index contributed by atoms with van der Waals surface area (Å²) in [5.41, 5.74) is 0.472. The van der Waals surface area contributed by atoms with Crippen LogP contribution in [-0.4, -0.2) is 34.7 Å². The number of aromatic carboxylic acids is 1. The van der Waals surface area contributed by atoms with Crippen molar-refractivity contribution in [3.63, 3.8) is 0 Å². The van der Waals surface area contributed by atoms with Crippen LogP contribution in [0.1, 0.15) is 21.9 Å². The van der Waals surface area contributed by atoms with E-state index in [-0.39, 0.29) is 16.4 Å². The summed E-state index contributed by atoms with van der Waals surface area (Å²) in [5.74, 6) is -1.30. The van der Waals surface area contributed by atoms with E-state index in [0.29, 0.717) is 11.4 Å². The number of nitrogens with zero attached hydrogens (tertiary/aromatic N) is 2. The fourth-order valence-electron chi connectivity index (χ4n) is 1.74. The highest BCUT2D eigenvalue weighted by atomic mass is 32.2. The third-order valence-corrected chi connectivity index (χ3v) is 4.15. The highest BCUT2D eigenvalue weighted by molar-refractivity contribution is 7.92. The van der Waals surface area contributed by atoms with Gasteiger partial charge < -0.3 is 5.11 Å². The summed E-state index contributed by atoms with van der Waals surface area (Å²) in [5, 5.41) is 15.2. The molecule has 0 aliphatic rings. The molecule has 8 nitrogen and oxygen atoms in total. The first-order valence-electron chi connectivity index (χ1n) is 5.56. The summed E-state index contributed by atoms with van der Waals surface area (Å²) < 4.78 is 26.7. The molecule has 0 radical (unpaired) electrons. The summed E-state index contributed by atoms with van der Waals surface area (Å²) in [6, 6.07) is 4.05. The van der Waals surface area contributed by atoms with Gasteiger partial charge in [-0.15, -0.1) is 0 Å². The average molecular weight is 296 g/mol. The number of aromatic amines is 1. The van der Waals surface area contributed by atoms with Gasteiger partial charge in [-0.25, -0.2) is 18.2 Å². The van der Waals surface area contributed by atoms with Crippen LogP contribution in [0.3, 0.4) is 0 Å². The van der Waals surface area contributed by atoms with Crippen molar-refractivity contribution in [2.24, 2.45) is 0 Å². The van der Waals surface area contributed by atoms with Gasteiger partial charge in [0.05, 0.1) is 11.4 Å². The SMILES string of the molecule is Cc1n[nH]c(C)c1S(=O)(=O)Nc1cccc(C(=O)O)n1. The Bertz CT molecular complexity index is 747. The maximum Gasteiger partial charge on any atom is 0.354 e. The second kappa shape index (κ2) is 4.93. The van der Waals surface area contributed by atoms with E-state index in [1.165, 1.54) is 18.2 Å².